The van der Waals surface area contributed by atoms with Gasteiger partial charge in [0.1, 0.15) is 10.8 Å². The van der Waals surface area contributed by atoms with Gasteiger partial charge in [-0.25, -0.2) is 9.37 Å². The molecular weight excluding hydrogens is 327 g/mol. The van der Waals surface area contributed by atoms with Gasteiger partial charge in [-0.15, -0.1) is 11.3 Å². The Labute approximate surface area is 124 Å². The molecule has 19 heavy (non-hydrogen) atoms. The van der Waals surface area contributed by atoms with E-state index in [0.29, 0.717) is 4.47 Å². The predicted octanol–water partition coefficient (Wildman–Crippen LogP) is 3.97. The smallest absolute Gasteiger partial charge is 0.124 e. The Hall–Kier alpha value is -0.780. The van der Waals surface area contributed by atoms with Crippen LogP contribution < -0.4 is 5.73 Å². The van der Waals surface area contributed by atoms with Crippen molar-refractivity contribution in [1.29, 1.82) is 0 Å². The minimum Gasteiger partial charge on any atom is -0.318 e. The largest absolute Gasteiger partial charge is 0.318 e. The fraction of sp³-hybridized carbons (Fsp3) is 0.357. The van der Waals surface area contributed by atoms with Crippen LogP contribution in [-0.4, -0.2) is 4.98 Å². The highest BCUT2D eigenvalue weighted by molar-refractivity contribution is 9.10. The molecule has 1 aromatic carbocycles. The van der Waals surface area contributed by atoms with Gasteiger partial charge in [0.15, 0.2) is 0 Å². The van der Waals surface area contributed by atoms with Gasteiger partial charge in [-0.3, -0.25) is 0 Å². The number of nitrogens with zero attached hydrogens (tertiary/aromatic N) is 1. The zero-order valence-corrected chi connectivity index (χ0v) is 12.7. The molecule has 1 aliphatic carbocycles. The van der Waals surface area contributed by atoms with E-state index in [0.717, 1.165) is 23.4 Å². The number of halogens is 2. The normalized spacial score (nSPS) is 16.2. The lowest BCUT2D eigenvalue weighted by molar-refractivity contribution is 0.625. The molecule has 0 bridgehead atoms. The number of nitrogens with two attached hydrogens (primary N) is 1. The molecule has 100 valence electrons. The van der Waals surface area contributed by atoms with Crippen LogP contribution >= 0.6 is 27.3 Å². The van der Waals surface area contributed by atoms with Crippen molar-refractivity contribution in [2.24, 2.45) is 5.73 Å². The van der Waals surface area contributed by atoms with E-state index in [2.05, 4.69) is 20.9 Å². The monoisotopic (exact) mass is 340 g/mol. The maximum absolute atomic E-state index is 13.1. The molecule has 3 rings (SSSR count). The molecule has 0 spiro atoms. The summed E-state index contributed by atoms with van der Waals surface area (Å²) in [5.41, 5.74) is 8.36. The highest BCUT2D eigenvalue weighted by Gasteiger charge is 2.21. The van der Waals surface area contributed by atoms with Crippen LogP contribution in [-0.2, 0) is 12.8 Å². The van der Waals surface area contributed by atoms with E-state index in [-0.39, 0.29) is 11.9 Å². The summed E-state index contributed by atoms with van der Waals surface area (Å²) in [4.78, 5) is 6.04. The number of aryl methyl sites for hydroxylation is 2. The van der Waals surface area contributed by atoms with Crippen molar-refractivity contribution in [2.75, 3.05) is 0 Å². The molecule has 2 N–H and O–H groups in total. The molecule has 0 saturated heterocycles. The van der Waals surface area contributed by atoms with Gasteiger partial charge < -0.3 is 5.73 Å². The molecule has 0 aliphatic heterocycles. The molecule has 0 radical (unpaired) electrons. The number of hydrogen-bond donors (Lipinski definition) is 1. The topological polar surface area (TPSA) is 38.9 Å². The second kappa shape index (κ2) is 5.31. The van der Waals surface area contributed by atoms with E-state index in [1.54, 1.807) is 17.4 Å². The molecule has 1 heterocycles. The summed E-state index contributed by atoms with van der Waals surface area (Å²) in [6.45, 7) is 0. The van der Waals surface area contributed by atoms with Crippen LogP contribution in [0.5, 0.6) is 0 Å². The number of rotatable bonds is 2. The fourth-order valence-electron chi connectivity index (χ4n) is 2.39. The van der Waals surface area contributed by atoms with Gasteiger partial charge in [0.05, 0.1) is 11.7 Å². The Balaban J connectivity index is 1.94. The molecule has 0 saturated carbocycles. The number of benzene rings is 1. The number of aromatic nitrogens is 1. The summed E-state index contributed by atoms with van der Waals surface area (Å²) in [6.07, 6.45) is 4.63. The van der Waals surface area contributed by atoms with Crippen molar-refractivity contribution in [3.8, 4) is 0 Å². The maximum Gasteiger partial charge on any atom is 0.124 e. The van der Waals surface area contributed by atoms with Gasteiger partial charge in [0.2, 0.25) is 0 Å². The molecule has 1 atom stereocenters. The minimum atomic E-state index is -0.287. The van der Waals surface area contributed by atoms with E-state index >= 15 is 0 Å². The van der Waals surface area contributed by atoms with Crippen molar-refractivity contribution in [2.45, 2.75) is 31.7 Å². The third kappa shape index (κ3) is 2.59. The quantitative estimate of drug-likeness (QED) is 0.898. The van der Waals surface area contributed by atoms with E-state index < -0.39 is 0 Å². The highest BCUT2D eigenvalue weighted by atomic mass is 79.9. The van der Waals surface area contributed by atoms with Gasteiger partial charge in [0.25, 0.3) is 0 Å². The average Bonchev–Trinajstić information content (AvgIpc) is 2.81. The first kappa shape index (κ1) is 13.2. The van der Waals surface area contributed by atoms with Crippen LogP contribution in [0.25, 0.3) is 0 Å². The second-order valence-corrected chi connectivity index (χ2v) is 6.74. The van der Waals surface area contributed by atoms with Crippen LogP contribution in [0.1, 0.15) is 40.0 Å². The lowest BCUT2D eigenvalue weighted by atomic mass is 10.0. The van der Waals surface area contributed by atoms with Crippen LogP contribution in [0.2, 0.25) is 0 Å². The van der Waals surface area contributed by atoms with Crippen LogP contribution in [0.3, 0.4) is 0 Å². The molecule has 1 aliphatic rings. The van der Waals surface area contributed by atoms with E-state index in [1.807, 2.05) is 0 Å². The van der Waals surface area contributed by atoms with Crippen molar-refractivity contribution >= 4 is 27.3 Å². The summed E-state index contributed by atoms with van der Waals surface area (Å²) in [6, 6.07) is 4.33. The molecule has 2 nitrogen and oxygen atoms in total. The summed E-state index contributed by atoms with van der Waals surface area (Å²) < 4.78 is 13.8. The Morgan fingerprint density at radius 1 is 1.32 bits per heavy atom. The Bertz CT molecular complexity index is 588. The third-order valence-corrected chi connectivity index (χ3v) is 5.35. The Kier molecular flexibility index (Phi) is 3.69. The molecule has 1 aromatic heterocycles. The first-order valence-corrected chi connectivity index (χ1v) is 7.95. The van der Waals surface area contributed by atoms with Gasteiger partial charge >= 0.3 is 0 Å². The van der Waals surface area contributed by atoms with E-state index in [9.17, 15) is 4.39 Å². The maximum atomic E-state index is 13.1. The van der Waals surface area contributed by atoms with Gasteiger partial charge in [-0.05, 0) is 43.4 Å². The van der Waals surface area contributed by atoms with Crippen LogP contribution in [0.15, 0.2) is 22.7 Å². The predicted molar refractivity (Wildman–Crippen MR) is 78.9 cm³/mol. The molecule has 0 amide bonds. The highest BCUT2D eigenvalue weighted by Crippen LogP contribution is 2.33. The molecule has 5 heteroatoms. The first-order valence-electron chi connectivity index (χ1n) is 6.34. The lowest BCUT2D eigenvalue weighted by Gasteiger charge is -2.11. The summed E-state index contributed by atoms with van der Waals surface area (Å²) in [7, 11) is 0. The lowest BCUT2D eigenvalue weighted by Crippen LogP contribution is -2.12. The molecule has 2 aromatic rings. The second-order valence-electron chi connectivity index (χ2n) is 4.77. The van der Waals surface area contributed by atoms with Crippen LogP contribution in [0.4, 0.5) is 4.39 Å². The molecule has 1 unspecified atom stereocenters. The third-order valence-electron chi connectivity index (χ3n) is 3.43. The molecule has 0 fully saturated rings. The van der Waals surface area contributed by atoms with Gasteiger partial charge in [-0.1, -0.05) is 22.0 Å². The summed E-state index contributed by atoms with van der Waals surface area (Å²) in [5, 5.41) is 0.930. The SMILES string of the molecule is NC(c1nc2c(s1)CCCC2)c1ccc(F)cc1Br. The summed E-state index contributed by atoms with van der Waals surface area (Å²) in [5.74, 6) is -0.263. The summed E-state index contributed by atoms with van der Waals surface area (Å²) >= 11 is 5.07. The fourth-order valence-corrected chi connectivity index (χ4v) is 4.16. The van der Waals surface area contributed by atoms with Crippen molar-refractivity contribution in [3.05, 3.63) is 49.6 Å². The minimum absolute atomic E-state index is 0.263. The van der Waals surface area contributed by atoms with Crippen molar-refractivity contribution < 1.29 is 4.39 Å². The van der Waals surface area contributed by atoms with Gasteiger partial charge in [0, 0.05) is 9.35 Å². The van der Waals surface area contributed by atoms with E-state index in [4.69, 9.17) is 5.73 Å². The number of thiazole rings is 1. The van der Waals surface area contributed by atoms with Crippen LogP contribution in [0, 0.1) is 5.82 Å². The van der Waals surface area contributed by atoms with E-state index in [1.165, 1.54) is 35.5 Å². The van der Waals surface area contributed by atoms with Crippen molar-refractivity contribution in [1.82, 2.24) is 4.98 Å². The first-order chi connectivity index (χ1) is 9.15. The molecular formula is C14H14BrFN2S. The average molecular weight is 341 g/mol. The number of hydrogen-bond acceptors (Lipinski definition) is 3. The van der Waals surface area contributed by atoms with Crippen molar-refractivity contribution in [3.63, 3.8) is 0 Å². The standard InChI is InChI=1S/C14H14BrFN2S/c15-10-7-8(16)5-6-9(10)13(17)14-18-11-3-1-2-4-12(11)19-14/h5-7,13H,1-4,17H2. The Morgan fingerprint density at radius 3 is 2.84 bits per heavy atom. The zero-order chi connectivity index (χ0) is 13.4. The number of fused-ring (bicyclic) bond motifs is 1. The Morgan fingerprint density at radius 2 is 2.11 bits per heavy atom. The zero-order valence-electron chi connectivity index (χ0n) is 10.3. The van der Waals surface area contributed by atoms with Gasteiger partial charge in [-0.2, -0.15) is 0 Å².